The van der Waals surface area contributed by atoms with Crippen molar-refractivity contribution in [2.75, 3.05) is 24.6 Å². The smallest absolute Gasteiger partial charge is 0.321 e. The number of aryl methyl sites for hydroxylation is 2. The average molecular weight is 345 g/mol. The summed E-state index contributed by atoms with van der Waals surface area (Å²) in [6.45, 7) is 3.54. The van der Waals surface area contributed by atoms with Crippen molar-refractivity contribution in [3.8, 4) is 5.75 Å². The summed E-state index contributed by atoms with van der Waals surface area (Å²) in [4.78, 5) is 14.2. The highest BCUT2D eigenvalue weighted by atomic mass is 35.5. The zero-order chi connectivity index (χ0) is 16.9. The van der Waals surface area contributed by atoms with Crippen LogP contribution in [-0.4, -0.2) is 25.7 Å². The number of nitrogens with one attached hydrogen (secondary N) is 1. The number of ether oxygens (including phenoxy) is 1. The number of urea groups is 1. The zero-order valence-electron chi connectivity index (χ0n) is 13.7. The molecule has 2 amide bonds. The molecule has 1 aliphatic rings. The Balaban J connectivity index is 1.52. The molecule has 24 heavy (non-hydrogen) atoms. The number of carbonyl (C=O) groups is 1. The maximum absolute atomic E-state index is 12.4. The maximum Gasteiger partial charge on any atom is 0.321 e. The summed E-state index contributed by atoms with van der Waals surface area (Å²) >= 11 is 6.10. The van der Waals surface area contributed by atoms with E-state index in [9.17, 15) is 4.79 Å². The van der Waals surface area contributed by atoms with Gasteiger partial charge in [0.1, 0.15) is 12.4 Å². The van der Waals surface area contributed by atoms with E-state index in [0.717, 1.165) is 30.6 Å². The summed E-state index contributed by atoms with van der Waals surface area (Å²) < 4.78 is 5.66. The molecule has 0 bridgehead atoms. The van der Waals surface area contributed by atoms with Crippen molar-refractivity contribution in [2.45, 2.75) is 19.8 Å². The summed E-state index contributed by atoms with van der Waals surface area (Å²) in [6, 6.07) is 13.6. The number of hydrogen-bond donors (Lipinski definition) is 1. The molecule has 0 fully saturated rings. The maximum atomic E-state index is 12.4. The normalized spacial score (nSPS) is 13.3. The van der Waals surface area contributed by atoms with Gasteiger partial charge < -0.3 is 10.1 Å². The van der Waals surface area contributed by atoms with Crippen molar-refractivity contribution < 1.29 is 9.53 Å². The molecule has 2 aromatic rings. The van der Waals surface area contributed by atoms with Gasteiger partial charge in [-0.15, -0.1) is 0 Å². The lowest BCUT2D eigenvalue weighted by Crippen LogP contribution is -2.44. The predicted octanol–water partition coefficient (Wildman–Crippen LogP) is 4.19. The van der Waals surface area contributed by atoms with Crippen LogP contribution in [0.2, 0.25) is 5.02 Å². The number of fused-ring (bicyclic) bond motifs is 1. The fraction of sp³-hybridized carbons (Fsp3) is 0.316. The van der Waals surface area contributed by atoms with Gasteiger partial charge >= 0.3 is 6.03 Å². The fourth-order valence-electron chi connectivity index (χ4n) is 2.88. The quantitative estimate of drug-likeness (QED) is 0.845. The lowest BCUT2D eigenvalue weighted by Gasteiger charge is -2.29. The van der Waals surface area contributed by atoms with Gasteiger partial charge in [0.2, 0.25) is 0 Å². The van der Waals surface area contributed by atoms with E-state index in [-0.39, 0.29) is 6.03 Å². The Kier molecular flexibility index (Phi) is 5.26. The largest absolute Gasteiger partial charge is 0.490 e. The minimum Gasteiger partial charge on any atom is -0.490 e. The summed E-state index contributed by atoms with van der Waals surface area (Å²) in [7, 11) is 0. The Labute approximate surface area is 147 Å². The highest BCUT2D eigenvalue weighted by Gasteiger charge is 2.21. The van der Waals surface area contributed by atoms with E-state index in [1.807, 2.05) is 43.3 Å². The number of hydrogen-bond acceptors (Lipinski definition) is 2. The van der Waals surface area contributed by atoms with E-state index in [2.05, 4.69) is 11.4 Å². The first-order chi connectivity index (χ1) is 11.6. The second-order valence-electron chi connectivity index (χ2n) is 5.90. The minimum absolute atomic E-state index is 0.0823. The molecular formula is C19H21ClN2O2. The molecule has 0 unspecified atom stereocenters. The third kappa shape index (κ3) is 3.82. The second-order valence-corrected chi connectivity index (χ2v) is 6.31. The SMILES string of the molecule is Cc1ccc(Cl)c(OCCNC(=O)N2CCCc3ccccc32)c1. The van der Waals surface area contributed by atoms with Crippen molar-refractivity contribution in [1.29, 1.82) is 0 Å². The van der Waals surface area contributed by atoms with E-state index in [0.29, 0.717) is 23.9 Å². The third-order valence-electron chi connectivity index (χ3n) is 4.08. The molecule has 0 saturated carbocycles. The molecule has 4 nitrogen and oxygen atoms in total. The number of rotatable bonds is 4. The molecule has 0 saturated heterocycles. The van der Waals surface area contributed by atoms with Gasteiger partial charge in [-0.2, -0.15) is 0 Å². The monoisotopic (exact) mass is 344 g/mol. The predicted molar refractivity (Wildman–Crippen MR) is 97.2 cm³/mol. The number of amides is 2. The van der Waals surface area contributed by atoms with Gasteiger partial charge in [-0.05, 0) is 49.1 Å². The molecule has 0 aliphatic carbocycles. The molecule has 1 aliphatic heterocycles. The van der Waals surface area contributed by atoms with Gasteiger partial charge in [0.05, 0.1) is 11.6 Å². The molecule has 0 spiro atoms. The molecule has 0 radical (unpaired) electrons. The van der Waals surface area contributed by atoms with Crippen LogP contribution >= 0.6 is 11.6 Å². The van der Waals surface area contributed by atoms with Crippen LogP contribution in [0.3, 0.4) is 0 Å². The molecule has 1 heterocycles. The Morgan fingerprint density at radius 2 is 2.12 bits per heavy atom. The topological polar surface area (TPSA) is 41.6 Å². The van der Waals surface area contributed by atoms with Gasteiger partial charge in [0.25, 0.3) is 0 Å². The molecule has 5 heteroatoms. The van der Waals surface area contributed by atoms with Gasteiger partial charge in [-0.25, -0.2) is 4.79 Å². The van der Waals surface area contributed by atoms with E-state index in [1.54, 1.807) is 4.90 Å². The molecular weight excluding hydrogens is 324 g/mol. The van der Waals surface area contributed by atoms with Gasteiger partial charge in [-0.1, -0.05) is 35.9 Å². The van der Waals surface area contributed by atoms with Crippen molar-refractivity contribution in [3.05, 3.63) is 58.6 Å². The van der Waals surface area contributed by atoms with Crippen LogP contribution in [0.25, 0.3) is 0 Å². The Hall–Kier alpha value is -2.20. The molecule has 0 aromatic heterocycles. The Morgan fingerprint density at radius 1 is 1.29 bits per heavy atom. The highest BCUT2D eigenvalue weighted by Crippen LogP contribution is 2.27. The summed E-state index contributed by atoms with van der Waals surface area (Å²) in [5, 5.41) is 3.50. The first-order valence-electron chi connectivity index (χ1n) is 8.17. The van der Waals surface area contributed by atoms with Crippen LogP contribution in [0.1, 0.15) is 17.5 Å². The Bertz CT molecular complexity index is 733. The number of halogens is 1. The fourth-order valence-corrected chi connectivity index (χ4v) is 3.05. The first-order valence-corrected chi connectivity index (χ1v) is 8.55. The lowest BCUT2D eigenvalue weighted by atomic mass is 10.0. The summed E-state index contributed by atoms with van der Waals surface area (Å²) in [6.07, 6.45) is 2.01. The standard InChI is InChI=1S/C19H21ClN2O2/c1-14-8-9-16(20)18(13-14)24-12-10-21-19(23)22-11-4-6-15-5-2-3-7-17(15)22/h2-3,5,7-9,13H,4,6,10-12H2,1H3,(H,21,23). The van der Waals surface area contributed by atoms with Crippen molar-refractivity contribution in [3.63, 3.8) is 0 Å². The molecule has 2 aromatic carbocycles. The first kappa shape index (κ1) is 16.7. The lowest BCUT2D eigenvalue weighted by molar-refractivity contribution is 0.241. The van der Waals surface area contributed by atoms with Gasteiger partial charge in [0, 0.05) is 12.2 Å². The highest BCUT2D eigenvalue weighted by molar-refractivity contribution is 6.32. The van der Waals surface area contributed by atoms with Crippen LogP contribution in [0.5, 0.6) is 5.75 Å². The van der Waals surface area contributed by atoms with E-state index in [1.165, 1.54) is 5.56 Å². The van der Waals surface area contributed by atoms with Gasteiger partial charge in [0.15, 0.2) is 0 Å². The number of carbonyl (C=O) groups excluding carboxylic acids is 1. The number of nitrogens with zero attached hydrogens (tertiary/aromatic N) is 1. The van der Waals surface area contributed by atoms with Crippen molar-refractivity contribution in [1.82, 2.24) is 5.32 Å². The van der Waals surface area contributed by atoms with Crippen LogP contribution in [0.15, 0.2) is 42.5 Å². The number of para-hydroxylation sites is 1. The van der Waals surface area contributed by atoms with Crippen molar-refractivity contribution in [2.24, 2.45) is 0 Å². The molecule has 3 rings (SSSR count). The number of anilines is 1. The molecule has 0 atom stereocenters. The van der Waals surface area contributed by atoms with E-state index >= 15 is 0 Å². The minimum atomic E-state index is -0.0823. The number of benzene rings is 2. The molecule has 126 valence electrons. The van der Waals surface area contributed by atoms with Crippen LogP contribution in [0.4, 0.5) is 10.5 Å². The summed E-state index contributed by atoms with van der Waals surface area (Å²) in [5.41, 5.74) is 3.31. The second kappa shape index (κ2) is 7.58. The van der Waals surface area contributed by atoms with Crippen molar-refractivity contribution >= 4 is 23.3 Å². The van der Waals surface area contributed by atoms with E-state index in [4.69, 9.17) is 16.3 Å². The van der Waals surface area contributed by atoms with Crippen LogP contribution in [-0.2, 0) is 6.42 Å². The average Bonchev–Trinajstić information content (AvgIpc) is 2.60. The van der Waals surface area contributed by atoms with Crippen LogP contribution < -0.4 is 15.0 Å². The van der Waals surface area contributed by atoms with Crippen LogP contribution in [0, 0.1) is 6.92 Å². The molecule has 1 N–H and O–H groups in total. The van der Waals surface area contributed by atoms with E-state index < -0.39 is 0 Å². The third-order valence-corrected chi connectivity index (χ3v) is 4.39. The van der Waals surface area contributed by atoms with Gasteiger partial charge in [-0.3, -0.25) is 4.90 Å². The Morgan fingerprint density at radius 3 is 3.00 bits per heavy atom. The summed E-state index contributed by atoms with van der Waals surface area (Å²) in [5.74, 6) is 0.647. The zero-order valence-corrected chi connectivity index (χ0v) is 14.5.